The first-order valence-corrected chi connectivity index (χ1v) is 11.6. The van der Waals surface area contributed by atoms with E-state index in [1.165, 1.54) is 11.8 Å². The Morgan fingerprint density at radius 3 is 2.59 bits per heavy atom. The van der Waals surface area contributed by atoms with Gasteiger partial charge in [0.1, 0.15) is 5.76 Å². The minimum absolute atomic E-state index is 0.122. The predicted molar refractivity (Wildman–Crippen MR) is 127 cm³/mol. The van der Waals surface area contributed by atoms with Crippen molar-refractivity contribution in [1.82, 2.24) is 20.1 Å². The smallest absolute Gasteiger partial charge is 0.230 e. The molecule has 2 aromatic heterocycles. The molecule has 2 heterocycles. The van der Waals surface area contributed by atoms with Gasteiger partial charge in [-0.3, -0.25) is 9.36 Å². The second kappa shape index (κ2) is 10.3. The highest BCUT2D eigenvalue weighted by Crippen LogP contribution is 2.27. The van der Waals surface area contributed by atoms with Crippen LogP contribution in [0, 0.1) is 0 Å². The van der Waals surface area contributed by atoms with Crippen molar-refractivity contribution in [3.63, 3.8) is 0 Å². The molecule has 0 saturated carbocycles. The number of rotatable bonds is 8. The monoisotopic (exact) mass is 486 g/mol. The van der Waals surface area contributed by atoms with Crippen LogP contribution in [-0.4, -0.2) is 26.4 Å². The van der Waals surface area contributed by atoms with Gasteiger partial charge in [-0.05, 0) is 55.0 Å². The number of carbonyl (C=O) groups is 1. The van der Waals surface area contributed by atoms with Crippen LogP contribution in [-0.2, 0) is 11.3 Å². The second-order valence-electron chi connectivity index (χ2n) is 7.08. The number of nitrogens with zero attached hydrogens (tertiary/aromatic N) is 3. The molecule has 6 nitrogen and oxygen atoms in total. The number of hydrogen-bond acceptors (Lipinski definition) is 5. The normalized spacial score (nSPS) is 12.0. The number of hydrogen-bond donors (Lipinski definition) is 1. The molecule has 0 saturated heterocycles. The van der Waals surface area contributed by atoms with Crippen LogP contribution in [0.2, 0.25) is 10.0 Å². The maximum atomic E-state index is 12.6. The molecular formula is C23H20Cl2N4O2S. The van der Waals surface area contributed by atoms with Crippen molar-refractivity contribution >= 4 is 40.9 Å². The Balaban J connectivity index is 1.49. The lowest BCUT2D eigenvalue weighted by Gasteiger charge is -2.15. The molecule has 1 N–H and O–H groups in total. The number of nitrogens with one attached hydrogen (secondary N) is 1. The molecule has 1 unspecified atom stereocenters. The molecule has 32 heavy (non-hydrogen) atoms. The number of carbonyl (C=O) groups excluding carboxylic acids is 1. The zero-order valence-electron chi connectivity index (χ0n) is 17.2. The van der Waals surface area contributed by atoms with E-state index in [-0.39, 0.29) is 17.7 Å². The number of benzene rings is 2. The van der Waals surface area contributed by atoms with Crippen molar-refractivity contribution in [2.24, 2.45) is 0 Å². The van der Waals surface area contributed by atoms with Crippen LogP contribution in [0.3, 0.4) is 0 Å². The molecule has 0 spiro atoms. The molecule has 1 atom stereocenters. The molecule has 0 bridgehead atoms. The van der Waals surface area contributed by atoms with E-state index in [0.717, 1.165) is 16.9 Å². The molecule has 164 valence electrons. The summed E-state index contributed by atoms with van der Waals surface area (Å²) in [4.78, 5) is 12.6. The molecule has 0 aliphatic rings. The van der Waals surface area contributed by atoms with Gasteiger partial charge in [-0.15, -0.1) is 10.2 Å². The Hall–Kier alpha value is -2.74. The van der Waals surface area contributed by atoms with Gasteiger partial charge in [0, 0.05) is 15.6 Å². The van der Waals surface area contributed by atoms with E-state index in [2.05, 4.69) is 15.5 Å². The van der Waals surface area contributed by atoms with E-state index < -0.39 is 0 Å². The van der Waals surface area contributed by atoms with E-state index in [9.17, 15) is 4.79 Å². The summed E-state index contributed by atoms with van der Waals surface area (Å²) >= 11 is 13.6. The Morgan fingerprint density at radius 2 is 1.88 bits per heavy atom. The fourth-order valence-corrected chi connectivity index (χ4v) is 4.40. The fourth-order valence-electron chi connectivity index (χ4n) is 3.23. The standard InChI is InChI=1S/C23H20Cl2N4O2S/c1-15(19-6-2-3-7-20(19)25)26-21(30)14-32-23-28-27-22(16-8-10-17(24)11-9-16)29(23)13-18-5-4-12-31-18/h2-12,15H,13-14H2,1H3,(H,26,30). The average Bonchev–Trinajstić information content (AvgIpc) is 3.44. The summed E-state index contributed by atoms with van der Waals surface area (Å²) in [5, 5.41) is 13.5. The van der Waals surface area contributed by atoms with Gasteiger partial charge in [-0.2, -0.15) is 0 Å². The molecule has 1 amide bonds. The summed E-state index contributed by atoms with van der Waals surface area (Å²) in [6.07, 6.45) is 1.62. The Morgan fingerprint density at radius 1 is 1.09 bits per heavy atom. The van der Waals surface area contributed by atoms with Crippen LogP contribution in [0.25, 0.3) is 11.4 Å². The first-order valence-electron chi connectivity index (χ1n) is 9.89. The molecular weight excluding hydrogens is 467 g/mol. The summed E-state index contributed by atoms with van der Waals surface area (Å²) in [7, 11) is 0. The van der Waals surface area contributed by atoms with Gasteiger partial charge in [0.25, 0.3) is 0 Å². The summed E-state index contributed by atoms with van der Waals surface area (Å²) in [5.41, 5.74) is 1.75. The van der Waals surface area contributed by atoms with E-state index in [1.54, 1.807) is 18.4 Å². The highest BCUT2D eigenvalue weighted by Gasteiger charge is 2.18. The van der Waals surface area contributed by atoms with Crippen molar-refractivity contribution in [2.75, 3.05) is 5.75 Å². The van der Waals surface area contributed by atoms with E-state index in [1.807, 2.05) is 60.0 Å². The lowest BCUT2D eigenvalue weighted by atomic mass is 10.1. The molecule has 0 radical (unpaired) electrons. The van der Waals surface area contributed by atoms with Crippen LogP contribution in [0.4, 0.5) is 0 Å². The third kappa shape index (κ3) is 5.35. The van der Waals surface area contributed by atoms with Crippen molar-refractivity contribution in [3.05, 3.63) is 88.3 Å². The number of amides is 1. The van der Waals surface area contributed by atoms with Crippen molar-refractivity contribution in [3.8, 4) is 11.4 Å². The van der Waals surface area contributed by atoms with Crippen molar-refractivity contribution in [1.29, 1.82) is 0 Å². The minimum Gasteiger partial charge on any atom is -0.467 e. The molecule has 0 fully saturated rings. The van der Waals surface area contributed by atoms with Crippen LogP contribution < -0.4 is 5.32 Å². The maximum Gasteiger partial charge on any atom is 0.230 e. The van der Waals surface area contributed by atoms with Gasteiger partial charge >= 0.3 is 0 Å². The van der Waals surface area contributed by atoms with Gasteiger partial charge in [-0.1, -0.05) is 53.2 Å². The van der Waals surface area contributed by atoms with Crippen molar-refractivity contribution in [2.45, 2.75) is 24.7 Å². The van der Waals surface area contributed by atoms with Gasteiger partial charge in [0.2, 0.25) is 5.91 Å². The van der Waals surface area contributed by atoms with E-state index in [0.29, 0.717) is 27.6 Å². The van der Waals surface area contributed by atoms with Crippen LogP contribution in [0.15, 0.2) is 76.5 Å². The third-order valence-electron chi connectivity index (χ3n) is 4.79. The lowest BCUT2D eigenvalue weighted by Crippen LogP contribution is -2.28. The van der Waals surface area contributed by atoms with Gasteiger partial charge < -0.3 is 9.73 Å². The zero-order chi connectivity index (χ0) is 22.5. The minimum atomic E-state index is -0.206. The summed E-state index contributed by atoms with van der Waals surface area (Å²) < 4.78 is 7.44. The number of thioether (sulfide) groups is 1. The molecule has 9 heteroatoms. The molecule has 0 aliphatic carbocycles. The number of aromatic nitrogens is 3. The first-order chi connectivity index (χ1) is 15.5. The first kappa shape index (κ1) is 22.5. The summed E-state index contributed by atoms with van der Waals surface area (Å²) in [6.45, 7) is 2.35. The van der Waals surface area contributed by atoms with Gasteiger partial charge in [-0.25, -0.2) is 0 Å². The largest absolute Gasteiger partial charge is 0.467 e. The molecule has 0 aliphatic heterocycles. The quantitative estimate of drug-likeness (QED) is 0.315. The molecule has 2 aromatic carbocycles. The zero-order valence-corrected chi connectivity index (χ0v) is 19.5. The summed E-state index contributed by atoms with van der Waals surface area (Å²) in [5.74, 6) is 1.50. The van der Waals surface area contributed by atoms with Gasteiger partial charge in [0.15, 0.2) is 11.0 Å². The third-order valence-corrected chi connectivity index (χ3v) is 6.36. The Labute approximate surface area is 199 Å². The van der Waals surface area contributed by atoms with Crippen LogP contribution in [0.5, 0.6) is 0 Å². The highest BCUT2D eigenvalue weighted by molar-refractivity contribution is 7.99. The average molecular weight is 487 g/mol. The number of halogens is 2. The topological polar surface area (TPSA) is 73.0 Å². The maximum absolute atomic E-state index is 12.6. The fraction of sp³-hybridized carbons (Fsp3) is 0.174. The van der Waals surface area contributed by atoms with E-state index in [4.69, 9.17) is 27.6 Å². The second-order valence-corrected chi connectivity index (χ2v) is 8.86. The SMILES string of the molecule is CC(NC(=O)CSc1nnc(-c2ccc(Cl)cc2)n1Cc1ccco1)c1ccccc1Cl. The lowest BCUT2D eigenvalue weighted by molar-refractivity contribution is -0.119. The highest BCUT2D eigenvalue weighted by atomic mass is 35.5. The summed E-state index contributed by atoms with van der Waals surface area (Å²) in [6, 6.07) is 18.4. The Bertz CT molecular complexity index is 1190. The molecule has 4 aromatic rings. The van der Waals surface area contributed by atoms with Crippen LogP contribution >= 0.6 is 35.0 Å². The number of furan rings is 1. The predicted octanol–water partition coefficient (Wildman–Crippen LogP) is 5.86. The van der Waals surface area contributed by atoms with E-state index >= 15 is 0 Å². The Kier molecular flexibility index (Phi) is 7.19. The van der Waals surface area contributed by atoms with Crippen molar-refractivity contribution < 1.29 is 9.21 Å². The van der Waals surface area contributed by atoms with Gasteiger partial charge in [0.05, 0.1) is 24.6 Å². The van der Waals surface area contributed by atoms with Crippen LogP contribution in [0.1, 0.15) is 24.3 Å². The molecule has 4 rings (SSSR count).